The molecular weight excluding hydrogens is 290 g/mol. The maximum absolute atomic E-state index is 11.3. The van der Waals surface area contributed by atoms with Gasteiger partial charge in [0.25, 0.3) is 0 Å². The lowest BCUT2D eigenvalue weighted by Gasteiger charge is -2.04. The molecule has 0 aliphatic carbocycles. The van der Waals surface area contributed by atoms with Crippen LogP contribution in [0.4, 0.5) is 0 Å². The number of thiophene rings is 1. The van der Waals surface area contributed by atoms with Gasteiger partial charge >= 0.3 is 5.97 Å². The summed E-state index contributed by atoms with van der Waals surface area (Å²) in [5, 5.41) is 23.0. The minimum atomic E-state index is -1.06. The highest BCUT2D eigenvalue weighted by Crippen LogP contribution is 2.27. The molecule has 0 amide bonds. The lowest BCUT2D eigenvalue weighted by atomic mass is 10.2. The second-order valence-electron chi connectivity index (χ2n) is 4.56. The third-order valence-electron chi connectivity index (χ3n) is 3.06. The smallest absolute Gasteiger partial charge is 0.358 e. The molecule has 0 aromatic carbocycles. The molecule has 108 valence electrons. The molecule has 7 nitrogen and oxygen atoms in total. The fourth-order valence-electron chi connectivity index (χ4n) is 2.11. The van der Waals surface area contributed by atoms with Gasteiger partial charge < -0.3 is 5.11 Å². The zero-order chi connectivity index (χ0) is 14.8. The van der Waals surface area contributed by atoms with E-state index in [-0.39, 0.29) is 5.69 Å². The predicted octanol–water partition coefficient (Wildman–Crippen LogP) is 1.68. The van der Waals surface area contributed by atoms with Crippen LogP contribution < -0.4 is 0 Å². The average Bonchev–Trinajstić information content (AvgIpc) is 3.16. The van der Waals surface area contributed by atoms with Crippen molar-refractivity contribution in [2.75, 3.05) is 0 Å². The Morgan fingerprint density at radius 2 is 2.33 bits per heavy atom. The molecule has 0 saturated heterocycles. The topological polar surface area (TPSA) is 85.8 Å². The second kappa shape index (κ2) is 5.49. The number of hydrogen-bond acceptors (Lipinski definition) is 5. The molecular formula is C13H13N5O2S. The van der Waals surface area contributed by atoms with E-state index in [9.17, 15) is 9.90 Å². The maximum atomic E-state index is 11.3. The molecule has 3 rings (SSSR count). The largest absolute Gasteiger partial charge is 0.476 e. The molecule has 8 heteroatoms. The molecule has 3 heterocycles. The highest BCUT2D eigenvalue weighted by atomic mass is 32.1. The molecule has 0 radical (unpaired) electrons. The van der Waals surface area contributed by atoms with Crippen LogP contribution in [0.25, 0.3) is 10.6 Å². The van der Waals surface area contributed by atoms with Gasteiger partial charge in [-0.05, 0) is 23.4 Å². The molecule has 0 aliphatic rings. The van der Waals surface area contributed by atoms with Crippen molar-refractivity contribution in [3.05, 3.63) is 41.2 Å². The van der Waals surface area contributed by atoms with Crippen molar-refractivity contribution in [3.63, 3.8) is 0 Å². The van der Waals surface area contributed by atoms with Gasteiger partial charge in [0.2, 0.25) is 0 Å². The van der Waals surface area contributed by atoms with Gasteiger partial charge in [-0.1, -0.05) is 11.3 Å². The average molecular weight is 303 g/mol. The van der Waals surface area contributed by atoms with Crippen LogP contribution in [0.1, 0.15) is 16.1 Å². The fourth-order valence-corrected chi connectivity index (χ4v) is 2.88. The van der Waals surface area contributed by atoms with Crippen LogP contribution in [-0.2, 0) is 20.0 Å². The van der Waals surface area contributed by atoms with Gasteiger partial charge in [0.1, 0.15) is 5.69 Å². The van der Waals surface area contributed by atoms with Gasteiger partial charge in [0.05, 0.1) is 11.1 Å². The van der Waals surface area contributed by atoms with Crippen LogP contribution in [-0.4, -0.2) is 35.9 Å². The Morgan fingerprint density at radius 1 is 1.48 bits per heavy atom. The van der Waals surface area contributed by atoms with E-state index >= 15 is 0 Å². The van der Waals surface area contributed by atoms with Crippen molar-refractivity contribution in [3.8, 4) is 10.6 Å². The van der Waals surface area contributed by atoms with Crippen molar-refractivity contribution in [1.82, 2.24) is 24.8 Å². The molecule has 0 unspecified atom stereocenters. The lowest BCUT2D eigenvalue weighted by Crippen LogP contribution is -2.06. The van der Waals surface area contributed by atoms with E-state index in [0.717, 1.165) is 10.4 Å². The fraction of sp³-hybridized carbons (Fsp3) is 0.231. The van der Waals surface area contributed by atoms with E-state index in [1.54, 1.807) is 15.6 Å². The molecule has 1 N–H and O–H groups in total. The zero-order valence-corrected chi connectivity index (χ0v) is 12.1. The van der Waals surface area contributed by atoms with Crippen LogP contribution >= 0.6 is 11.3 Å². The molecule has 0 spiro atoms. The van der Waals surface area contributed by atoms with Crippen LogP contribution in [0, 0.1) is 0 Å². The van der Waals surface area contributed by atoms with E-state index in [1.165, 1.54) is 11.3 Å². The van der Waals surface area contributed by atoms with Gasteiger partial charge in [-0.25, -0.2) is 9.48 Å². The van der Waals surface area contributed by atoms with Crippen molar-refractivity contribution in [2.45, 2.75) is 13.0 Å². The highest BCUT2D eigenvalue weighted by molar-refractivity contribution is 7.13. The second-order valence-corrected chi connectivity index (χ2v) is 5.51. The number of aryl methyl sites for hydroxylation is 3. The predicted molar refractivity (Wildman–Crippen MR) is 77.2 cm³/mol. The van der Waals surface area contributed by atoms with E-state index in [4.69, 9.17) is 0 Å². The first kappa shape index (κ1) is 13.5. The van der Waals surface area contributed by atoms with Crippen molar-refractivity contribution >= 4 is 17.3 Å². The number of rotatable bonds is 5. The summed E-state index contributed by atoms with van der Waals surface area (Å²) in [5.41, 5.74) is 1.62. The minimum absolute atomic E-state index is 0.0105. The third-order valence-corrected chi connectivity index (χ3v) is 3.94. The van der Waals surface area contributed by atoms with E-state index < -0.39 is 5.97 Å². The number of aromatic carboxylic acids is 1. The molecule has 0 fully saturated rings. The number of carboxylic acids is 1. The Kier molecular flexibility index (Phi) is 3.53. The summed E-state index contributed by atoms with van der Waals surface area (Å²) in [6.07, 6.45) is 4.44. The highest BCUT2D eigenvalue weighted by Gasteiger charge is 2.21. The molecule has 0 bridgehead atoms. The van der Waals surface area contributed by atoms with E-state index in [0.29, 0.717) is 18.7 Å². The number of carbonyl (C=O) groups is 1. The van der Waals surface area contributed by atoms with Crippen molar-refractivity contribution in [2.24, 2.45) is 7.05 Å². The number of carboxylic acid groups (broad SMARTS) is 1. The number of nitrogens with zero attached hydrogens (tertiary/aromatic N) is 5. The lowest BCUT2D eigenvalue weighted by molar-refractivity contribution is 0.0691. The maximum Gasteiger partial charge on any atom is 0.358 e. The first-order valence-electron chi connectivity index (χ1n) is 6.33. The Hall–Kier alpha value is -2.48. The van der Waals surface area contributed by atoms with E-state index in [2.05, 4.69) is 15.4 Å². The number of aromatic nitrogens is 5. The van der Waals surface area contributed by atoms with Crippen LogP contribution in [0.15, 0.2) is 29.9 Å². The molecule has 3 aromatic rings. The SMILES string of the molecule is Cn1cc(CCn2nnc(C(=O)O)c2-c2cccs2)cn1. The molecule has 21 heavy (non-hydrogen) atoms. The molecule has 3 aromatic heterocycles. The van der Waals surface area contributed by atoms with Gasteiger partial charge in [-0.15, -0.1) is 16.4 Å². The normalized spacial score (nSPS) is 10.9. The first-order chi connectivity index (χ1) is 10.1. The number of hydrogen-bond donors (Lipinski definition) is 1. The Labute approximate surface area is 124 Å². The Bertz CT molecular complexity index is 759. The zero-order valence-electron chi connectivity index (χ0n) is 11.3. The van der Waals surface area contributed by atoms with Gasteiger partial charge in [0, 0.05) is 19.8 Å². The molecule has 0 saturated carbocycles. The van der Waals surface area contributed by atoms with Crippen molar-refractivity contribution < 1.29 is 9.90 Å². The summed E-state index contributed by atoms with van der Waals surface area (Å²) >= 11 is 1.47. The Balaban J connectivity index is 1.90. The third kappa shape index (κ3) is 2.70. The summed E-state index contributed by atoms with van der Waals surface area (Å²) in [5.74, 6) is -1.06. The van der Waals surface area contributed by atoms with Crippen LogP contribution in [0.3, 0.4) is 0 Å². The van der Waals surface area contributed by atoms with E-state index in [1.807, 2.05) is 30.8 Å². The monoisotopic (exact) mass is 303 g/mol. The summed E-state index contributed by atoms with van der Waals surface area (Å²) < 4.78 is 3.38. The summed E-state index contributed by atoms with van der Waals surface area (Å²) in [7, 11) is 1.86. The minimum Gasteiger partial charge on any atom is -0.476 e. The quantitative estimate of drug-likeness (QED) is 0.775. The van der Waals surface area contributed by atoms with Gasteiger partial charge in [0.15, 0.2) is 5.69 Å². The molecule has 0 aliphatic heterocycles. The first-order valence-corrected chi connectivity index (χ1v) is 7.21. The van der Waals surface area contributed by atoms with Gasteiger partial charge in [-0.2, -0.15) is 5.10 Å². The standard InChI is InChI=1S/C13H13N5O2S/c1-17-8-9(7-14-17)4-5-18-12(10-3-2-6-21-10)11(13(19)20)15-16-18/h2-3,6-8H,4-5H2,1H3,(H,19,20). The van der Waals surface area contributed by atoms with Crippen LogP contribution in [0.2, 0.25) is 0 Å². The Morgan fingerprint density at radius 3 is 2.95 bits per heavy atom. The van der Waals surface area contributed by atoms with Crippen LogP contribution in [0.5, 0.6) is 0 Å². The summed E-state index contributed by atoms with van der Waals surface area (Å²) in [6.45, 7) is 0.555. The molecule has 0 atom stereocenters. The van der Waals surface area contributed by atoms with Crippen molar-refractivity contribution in [1.29, 1.82) is 0 Å². The summed E-state index contributed by atoms with van der Waals surface area (Å²) in [6, 6.07) is 3.75. The summed E-state index contributed by atoms with van der Waals surface area (Å²) in [4.78, 5) is 12.1. The van der Waals surface area contributed by atoms with Gasteiger partial charge in [-0.3, -0.25) is 4.68 Å².